The lowest BCUT2D eigenvalue weighted by Gasteiger charge is -2.03. The van der Waals surface area contributed by atoms with E-state index in [0.29, 0.717) is 12.3 Å². The third-order valence-electron chi connectivity index (χ3n) is 2.51. The topological polar surface area (TPSA) is 26.3 Å². The molecule has 0 amide bonds. The molecule has 2 rings (SSSR count). The molecule has 0 spiro atoms. The summed E-state index contributed by atoms with van der Waals surface area (Å²) in [6.07, 6.45) is 1.69. The molecule has 0 bridgehead atoms. The van der Waals surface area contributed by atoms with E-state index in [2.05, 4.69) is 0 Å². The van der Waals surface area contributed by atoms with Crippen LogP contribution in [0.3, 0.4) is 0 Å². The first-order valence-corrected chi connectivity index (χ1v) is 5.75. The van der Waals surface area contributed by atoms with Crippen molar-refractivity contribution in [3.63, 3.8) is 0 Å². The summed E-state index contributed by atoms with van der Waals surface area (Å²) in [6, 6.07) is 3.93. The van der Waals surface area contributed by atoms with Gasteiger partial charge in [0, 0.05) is 24.5 Å². The fourth-order valence-electron chi connectivity index (χ4n) is 1.69. The Labute approximate surface area is 87.9 Å². The molecule has 0 N–H and O–H groups in total. The molecule has 2 heterocycles. The highest BCUT2D eigenvalue weighted by Crippen LogP contribution is 2.22. The smallest absolute Gasteiger partial charge is 0.173 e. The minimum atomic E-state index is 0.276. The van der Waals surface area contributed by atoms with E-state index in [1.54, 1.807) is 11.3 Å². The van der Waals surface area contributed by atoms with Crippen LogP contribution in [0.25, 0.3) is 0 Å². The van der Waals surface area contributed by atoms with Crippen LogP contribution in [0.1, 0.15) is 27.4 Å². The molecule has 1 saturated heterocycles. The second-order valence-corrected chi connectivity index (χ2v) is 5.06. The van der Waals surface area contributed by atoms with E-state index in [-0.39, 0.29) is 5.78 Å². The minimum absolute atomic E-state index is 0.276. The Hall–Kier alpha value is -0.670. The number of carbonyl (C=O) groups is 1. The predicted octanol–water partition coefficient (Wildman–Crippen LogP) is 2.67. The molecule has 1 aliphatic rings. The Morgan fingerprint density at radius 2 is 2.50 bits per heavy atom. The van der Waals surface area contributed by atoms with E-state index < -0.39 is 0 Å². The van der Waals surface area contributed by atoms with Crippen LogP contribution in [0.15, 0.2) is 12.1 Å². The number of thiophene rings is 1. The molecule has 1 fully saturated rings. The Kier molecular flexibility index (Phi) is 2.99. The predicted molar refractivity (Wildman–Crippen MR) is 56.9 cm³/mol. The Bertz CT molecular complexity index is 324. The number of rotatable bonds is 3. The lowest BCUT2D eigenvalue weighted by atomic mass is 10.0. The number of hydrogen-bond donors (Lipinski definition) is 0. The fourth-order valence-corrected chi connectivity index (χ4v) is 2.51. The highest BCUT2D eigenvalue weighted by atomic mass is 32.1. The molecule has 76 valence electrons. The highest BCUT2D eigenvalue weighted by molar-refractivity contribution is 7.14. The Morgan fingerprint density at radius 3 is 3.07 bits per heavy atom. The van der Waals surface area contributed by atoms with Crippen LogP contribution in [-0.2, 0) is 4.74 Å². The molecule has 2 nitrogen and oxygen atoms in total. The maximum absolute atomic E-state index is 11.8. The monoisotopic (exact) mass is 210 g/mol. The van der Waals surface area contributed by atoms with Gasteiger partial charge >= 0.3 is 0 Å². The molecule has 1 atom stereocenters. The lowest BCUT2D eigenvalue weighted by Crippen LogP contribution is -2.07. The van der Waals surface area contributed by atoms with Crippen molar-refractivity contribution in [3.8, 4) is 0 Å². The average Bonchev–Trinajstić information content (AvgIpc) is 2.75. The summed E-state index contributed by atoms with van der Waals surface area (Å²) >= 11 is 1.59. The van der Waals surface area contributed by atoms with Gasteiger partial charge < -0.3 is 4.74 Å². The van der Waals surface area contributed by atoms with E-state index in [1.165, 1.54) is 4.88 Å². The number of ketones is 1. The summed E-state index contributed by atoms with van der Waals surface area (Å²) in [4.78, 5) is 13.9. The molecule has 0 aliphatic carbocycles. The summed E-state index contributed by atoms with van der Waals surface area (Å²) in [5, 5.41) is 0. The molecule has 14 heavy (non-hydrogen) atoms. The molecule has 3 heteroatoms. The lowest BCUT2D eigenvalue weighted by molar-refractivity contribution is 0.0956. The van der Waals surface area contributed by atoms with Gasteiger partial charge in [-0.2, -0.15) is 0 Å². The van der Waals surface area contributed by atoms with E-state index in [9.17, 15) is 4.79 Å². The molecule has 1 aromatic rings. The van der Waals surface area contributed by atoms with Crippen LogP contribution in [-0.4, -0.2) is 19.0 Å². The molecule has 0 radical (unpaired) electrons. The first kappa shape index (κ1) is 9.87. The van der Waals surface area contributed by atoms with Crippen molar-refractivity contribution in [1.29, 1.82) is 0 Å². The Morgan fingerprint density at radius 1 is 1.64 bits per heavy atom. The van der Waals surface area contributed by atoms with Crippen molar-refractivity contribution in [1.82, 2.24) is 0 Å². The quantitative estimate of drug-likeness (QED) is 0.717. The number of Topliss-reactive ketones (excluding diaryl/α,β-unsaturated/α-hetero) is 1. The maximum atomic E-state index is 11.8. The van der Waals surface area contributed by atoms with Gasteiger partial charge in [0.15, 0.2) is 5.78 Å². The number of carbonyl (C=O) groups excluding carboxylic acids is 1. The van der Waals surface area contributed by atoms with E-state index in [0.717, 1.165) is 24.5 Å². The summed E-state index contributed by atoms with van der Waals surface area (Å²) in [5.41, 5.74) is 0. The second kappa shape index (κ2) is 4.24. The van der Waals surface area contributed by atoms with Crippen LogP contribution in [0.4, 0.5) is 0 Å². The Balaban J connectivity index is 1.95. The van der Waals surface area contributed by atoms with Gasteiger partial charge in [0.1, 0.15) is 0 Å². The zero-order chi connectivity index (χ0) is 9.97. The van der Waals surface area contributed by atoms with Crippen LogP contribution in [0.5, 0.6) is 0 Å². The molecular formula is C11H14O2S. The van der Waals surface area contributed by atoms with Crippen LogP contribution < -0.4 is 0 Å². The number of ether oxygens (including phenoxy) is 1. The van der Waals surface area contributed by atoms with Crippen LogP contribution >= 0.6 is 11.3 Å². The summed E-state index contributed by atoms with van der Waals surface area (Å²) in [5.74, 6) is 0.725. The summed E-state index contributed by atoms with van der Waals surface area (Å²) in [6.45, 7) is 3.61. The minimum Gasteiger partial charge on any atom is -0.381 e. The fraction of sp³-hybridized carbons (Fsp3) is 0.545. The SMILES string of the molecule is Cc1ccc(C(=O)CC2CCOC2)s1. The molecule has 0 saturated carbocycles. The van der Waals surface area contributed by atoms with Gasteiger partial charge in [-0.25, -0.2) is 0 Å². The molecule has 1 unspecified atom stereocenters. The van der Waals surface area contributed by atoms with Gasteiger partial charge in [-0.3, -0.25) is 4.79 Å². The van der Waals surface area contributed by atoms with Gasteiger partial charge in [-0.15, -0.1) is 11.3 Å². The van der Waals surface area contributed by atoms with E-state index in [4.69, 9.17) is 4.74 Å². The van der Waals surface area contributed by atoms with Crippen LogP contribution in [0.2, 0.25) is 0 Å². The molecule has 1 aliphatic heterocycles. The largest absolute Gasteiger partial charge is 0.381 e. The van der Waals surface area contributed by atoms with Crippen molar-refractivity contribution >= 4 is 17.1 Å². The summed E-state index contributed by atoms with van der Waals surface area (Å²) < 4.78 is 5.25. The molecule has 1 aromatic heterocycles. The van der Waals surface area contributed by atoms with E-state index in [1.807, 2.05) is 19.1 Å². The first-order chi connectivity index (χ1) is 6.75. The number of aryl methyl sites for hydroxylation is 1. The highest BCUT2D eigenvalue weighted by Gasteiger charge is 2.20. The summed E-state index contributed by atoms with van der Waals surface area (Å²) in [7, 11) is 0. The van der Waals surface area contributed by atoms with Gasteiger partial charge in [0.2, 0.25) is 0 Å². The zero-order valence-corrected chi connectivity index (χ0v) is 9.10. The van der Waals surface area contributed by atoms with E-state index >= 15 is 0 Å². The molecular weight excluding hydrogens is 196 g/mol. The standard InChI is InChI=1S/C11H14O2S/c1-8-2-3-11(14-8)10(12)6-9-4-5-13-7-9/h2-3,9H,4-7H2,1H3. The average molecular weight is 210 g/mol. The van der Waals surface area contributed by atoms with Crippen molar-refractivity contribution in [2.75, 3.05) is 13.2 Å². The first-order valence-electron chi connectivity index (χ1n) is 4.93. The van der Waals surface area contributed by atoms with Crippen molar-refractivity contribution in [2.45, 2.75) is 19.8 Å². The van der Waals surface area contributed by atoms with Crippen molar-refractivity contribution in [3.05, 3.63) is 21.9 Å². The third-order valence-corrected chi connectivity index (χ3v) is 3.55. The normalized spacial score (nSPS) is 21.4. The van der Waals surface area contributed by atoms with Gasteiger partial charge in [-0.1, -0.05) is 0 Å². The van der Waals surface area contributed by atoms with Gasteiger partial charge in [0.25, 0.3) is 0 Å². The van der Waals surface area contributed by atoms with Gasteiger partial charge in [0.05, 0.1) is 4.88 Å². The van der Waals surface area contributed by atoms with Crippen molar-refractivity contribution in [2.24, 2.45) is 5.92 Å². The number of hydrogen-bond acceptors (Lipinski definition) is 3. The maximum Gasteiger partial charge on any atom is 0.173 e. The third kappa shape index (κ3) is 2.22. The molecule has 0 aromatic carbocycles. The zero-order valence-electron chi connectivity index (χ0n) is 8.29. The van der Waals surface area contributed by atoms with Gasteiger partial charge in [-0.05, 0) is 31.4 Å². The van der Waals surface area contributed by atoms with Crippen LogP contribution in [0, 0.1) is 12.8 Å². The second-order valence-electron chi connectivity index (χ2n) is 3.77. The van der Waals surface area contributed by atoms with Crippen molar-refractivity contribution < 1.29 is 9.53 Å².